The lowest BCUT2D eigenvalue weighted by Gasteiger charge is -2.34. The van der Waals surface area contributed by atoms with Crippen LogP contribution in [0.15, 0.2) is 6.07 Å². The molecule has 2 aliphatic heterocycles. The SMILES string of the molecule is CC(C)(C)OC(=O)N1CCC[C@H](Cc2nc(Cl)cc(C(=O)N3CCOCC3)n2)C1. The highest BCUT2D eigenvalue weighted by molar-refractivity contribution is 6.29. The molecule has 2 amide bonds. The van der Waals surface area contributed by atoms with Crippen LogP contribution in [0.5, 0.6) is 0 Å². The smallest absolute Gasteiger partial charge is 0.410 e. The quantitative estimate of drug-likeness (QED) is 0.693. The molecule has 0 saturated carbocycles. The predicted octanol–water partition coefficient (Wildman–Crippen LogP) is 2.79. The zero-order valence-corrected chi connectivity index (χ0v) is 18.1. The number of amides is 2. The van der Waals surface area contributed by atoms with E-state index < -0.39 is 5.60 Å². The number of aromatic nitrogens is 2. The van der Waals surface area contributed by atoms with Crippen LogP contribution in [0, 0.1) is 5.92 Å². The third-order valence-corrected chi connectivity index (χ3v) is 5.09. The van der Waals surface area contributed by atoms with Crippen LogP contribution < -0.4 is 0 Å². The molecule has 9 heteroatoms. The van der Waals surface area contributed by atoms with Gasteiger partial charge < -0.3 is 19.3 Å². The van der Waals surface area contributed by atoms with E-state index in [0.717, 1.165) is 12.8 Å². The van der Waals surface area contributed by atoms with Gasteiger partial charge in [-0.2, -0.15) is 0 Å². The molecule has 0 aliphatic carbocycles. The molecule has 1 aromatic rings. The largest absolute Gasteiger partial charge is 0.444 e. The molecule has 2 aliphatic rings. The number of piperidine rings is 1. The Hall–Kier alpha value is -1.93. The van der Waals surface area contributed by atoms with Crippen LogP contribution >= 0.6 is 11.6 Å². The molecule has 0 bridgehead atoms. The first-order valence-electron chi connectivity index (χ1n) is 10.1. The second kappa shape index (κ2) is 9.26. The average Bonchev–Trinajstić information content (AvgIpc) is 2.66. The zero-order valence-electron chi connectivity index (χ0n) is 17.3. The third-order valence-electron chi connectivity index (χ3n) is 4.90. The Kier molecular flexibility index (Phi) is 6.95. The van der Waals surface area contributed by atoms with Crippen LogP contribution in [-0.4, -0.2) is 76.8 Å². The Morgan fingerprint density at radius 1 is 1.21 bits per heavy atom. The van der Waals surface area contributed by atoms with Gasteiger partial charge >= 0.3 is 6.09 Å². The highest BCUT2D eigenvalue weighted by Gasteiger charge is 2.29. The van der Waals surface area contributed by atoms with Crippen molar-refractivity contribution in [1.29, 1.82) is 0 Å². The standard InChI is InChI=1S/C20H29ClN4O4/c1-20(2,3)29-19(27)25-6-4-5-14(13-25)11-17-22-15(12-16(21)23-17)18(26)24-7-9-28-10-8-24/h12,14H,4-11,13H2,1-3H3/t14-/m1/s1. The minimum atomic E-state index is -0.519. The van der Waals surface area contributed by atoms with Gasteiger partial charge in [-0.1, -0.05) is 11.6 Å². The van der Waals surface area contributed by atoms with Crippen molar-refractivity contribution in [3.05, 3.63) is 22.7 Å². The summed E-state index contributed by atoms with van der Waals surface area (Å²) in [7, 11) is 0. The molecule has 29 heavy (non-hydrogen) atoms. The van der Waals surface area contributed by atoms with E-state index in [1.807, 2.05) is 20.8 Å². The van der Waals surface area contributed by atoms with Crippen LogP contribution in [0.2, 0.25) is 5.15 Å². The van der Waals surface area contributed by atoms with Gasteiger partial charge in [0.25, 0.3) is 5.91 Å². The molecule has 2 fully saturated rings. The van der Waals surface area contributed by atoms with E-state index in [4.69, 9.17) is 21.1 Å². The van der Waals surface area contributed by atoms with Crippen molar-refractivity contribution in [2.75, 3.05) is 39.4 Å². The summed E-state index contributed by atoms with van der Waals surface area (Å²) in [5, 5.41) is 0.256. The highest BCUT2D eigenvalue weighted by Crippen LogP contribution is 2.22. The molecule has 0 N–H and O–H groups in total. The van der Waals surface area contributed by atoms with Gasteiger partial charge in [-0.3, -0.25) is 4.79 Å². The van der Waals surface area contributed by atoms with Crippen molar-refractivity contribution in [1.82, 2.24) is 19.8 Å². The number of halogens is 1. The van der Waals surface area contributed by atoms with Crippen LogP contribution in [0.25, 0.3) is 0 Å². The number of hydrogen-bond donors (Lipinski definition) is 0. The van der Waals surface area contributed by atoms with E-state index in [0.29, 0.717) is 57.3 Å². The Labute approximate surface area is 176 Å². The lowest BCUT2D eigenvalue weighted by atomic mass is 9.94. The van der Waals surface area contributed by atoms with Crippen molar-refractivity contribution in [2.45, 2.75) is 45.6 Å². The molecule has 3 rings (SSSR count). The summed E-state index contributed by atoms with van der Waals surface area (Å²) in [5.74, 6) is 0.573. The molecule has 2 saturated heterocycles. The van der Waals surface area contributed by atoms with Gasteiger partial charge in [0.05, 0.1) is 13.2 Å². The summed E-state index contributed by atoms with van der Waals surface area (Å²) in [4.78, 5) is 37.3. The molecule has 8 nitrogen and oxygen atoms in total. The number of nitrogens with zero attached hydrogens (tertiary/aromatic N) is 4. The molecule has 1 aromatic heterocycles. The Morgan fingerprint density at radius 2 is 1.93 bits per heavy atom. The number of hydrogen-bond acceptors (Lipinski definition) is 6. The van der Waals surface area contributed by atoms with Gasteiger partial charge in [-0.05, 0) is 39.5 Å². The van der Waals surface area contributed by atoms with Gasteiger partial charge in [0.15, 0.2) is 0 Å². The van der Waals surface area contributed by atoms with Gasteiger partial charge in [0.2, 0.25) is 0 Å². The molecule has 0 unspecified atom stereocenters. The van der Waals surface area contributed by atoms with E-state index in [9.17, 15) is 9.59 Å². The molecular formula is C20H29ClN4O4. The third kappa shape index (κ3) is 6.27. The Balaban J connectivity index is 1.65. The molecule has 1 atom stereocenters. The minimum Gasteiger partial charge on any atom is -0.444 e. The maximum absolute atomic E-state index is 12.7. The second-order valence-electron chi connectivity index (χ2n) is 8.54. The van der Waals surface area contributed by atoms with Gasteiger partial charge in [0, 0.05) is 38.7 Å². The maximum Gasteiger partial charge on any atom is 0.410 e. The number of ether oxygens (including phenoxy) is 2. The van der Waals surface area contributed by atoms with E-state index >= 15 is 0 Å². The summed E-state index contributed by atoms with van der Waals surface area (Å²) in [6.07, 6.45) is 2.12. The molecular weight excluding hydrogens is 396 g/mol. The number of carbonyl (C=O) groups excluding carboxylic acids is 2. The number of carbonyl (C=O) groups is 2. The lowest BCUT2D eigenvalue weighted by molar-refractivity contribution is 0.0165. The van der Waals surface area contributed by atoms with Crippen LogP contribution in [0.3, 0.4) is 0 Å². The molecule has 160 valence electrons. The first kappa shape index (κ1) is 21.8. The summed E-state index contributed by atoms with van der Waals surface area (Å²) in [6.45, 7) is 8.99. The number of morpholine rings is 1. The van der Waals surface area contributed by atoms with Gasteiger partial charge in [0.1, 0.15) is 22.3 Å². The fourth-order valence-corrected chi connectivity index (χ4v) is 3.78. The summed E-state index contributed by atoms with van der Waals surface area (Å²) >= 11 is 6.17. The summed E-state index contributed by atoms with van der Waals surface area (Å²) in [5.41, 5.74) is -0.212. The fraction of sp³-hybridized carbons (Fsp3) is 0.700. The summed E-state index contributed by atoms with van der Waals surface area (Å²) < 4.78 is 10.8. The first-order valence-corrected chi connectivity index (χ1v) is 10.5. The van der Waals surface area contributed by atoms with E-state index in [1.165, 1.54) is 6.07 Å². The highest BCUT2D eigenvalue weighted by atomic mass is 35.5. The van der Waals surface area contributed by atoms with E-state index in [1.54, 1.807) is 9.80 Å². The Morgan fingerprint density at radius 3 is 2.62 bits per heavy atom. The van der Waals surface area contributed by atoms with Crippen molar-refractivity contribution < 1.29 is 19.1 Å². The van der Waals surface area contributed by atoms with Crippen LogP contribution in [0.1, 0.15) is 49.9 Å². The maximum atomic E-state index is 12.7. The molecule has 0 radical (unpaired) electrons. The first-order chi connectivity index (χ1) is 13.7. The number of likely N-dealkylation sites (tertiary alicyclic amines) is 1. The minimum absolute atomic E-state index is 0.155. The molecule has 0 spiro atoms. The van der Waals surface area contributed by atoms with E-state index in [2.05, 4.69) is 9.97 Å². The summed E-state index contributed by atoms with van der Waals surface area (Å²) in [6, 6.07) is 1.51. The van der Waals surface area contributed by atoms with Gasteiger partial charge in [-0.15, -0.1) is 0 Å². The molecule has 3 heterocycles. The monoisotopic (exact) mass is 424 g/mol. The van der Waals surface area contributed by atoms with Crippen molar-refractivity contribution >= 4 is 23.6 Å². The number of rotatable bonds is 3. The van der Waals surface area contributed by atoms with Crippen LogP contribution in [0.4, 0.5) is 4.79 Å². The van der Waals surface area contributed by atoms with Gasteiger partial charge in [-0.25, -0.2) is 14.8 Å². The van der Waals surface area contributed by atoms with Crippen molar-refractivity contribution in [2.24, 2.45) is 5.92 Å². The topological polar surface area (TPSA) is 84.9 Å². The van der Waals surface area contributed by atoms with E-state index in [-0.39, 0.29) is 23.1 Å². The zero-order chi connectivity index (χ0) is 21.0. The molecule has 0 aromatic carbocycles. The second-order valence-corrected chi connectivity index (χ2v) is 8.92. The Bertz CT molecular complexity index is 746. The normalized spacial score (nSPS) is 20.5. The predicted molar refractivity (Wildman–Crippen MR) is 108 cm³/mol. The fourth-order valence-electron chi connectivity index (χ4n) is 3.58. The van der Waals surface area contributed by atoms with Crippen molar-refractivity contribution in [3.8, 4) is 0 Å². The lowest BCUT2D eigenvalue weighted by Crippen LogP contribution is -2.43. The van der Waals surface area contributed by atoms with Crippen LogP contribution in [-0.2, 0) is 15.9 Å². The van der Waals surface area contributed by atoms with Crippen molar-refractivity contribution in [3.63, 3.8) is 0 Å². The average molecular weight is 425 g/mol.